The van der Waals surface area contributed by atoms with Crippen LogP contribution < -0.4 is 16.0 Å². The molecule has 34 heavy (non-hydrogen) atoms. The lowest BCUT2D eigenvalue weighted by atomic mass is 10.1. The number of urea groups is 1. The van der Waals surface area contributed by atoms with Crippen LogP contribution in [-0.4, -0.2) is 57.5 Å². The first kappa shape index (κ1) is 21.1. The van der Waals surface area contributed by atoms with Crippen LogP contribution in [-0.2, 0) is 0 Å². The molecule has 3 heterocycles. The third-order valence-corrected chi connectivity index (χ3v) is 5.70. The number of nitrogens with zero attached hydrogens (tertiary/aromatic N) is 5. The van der Waals surface area contributed by atoms with Crippen molar-refractivity contribution in [2.75, 3.05) is 30.4 Å². The number of rotatable bonds is 5. The molecule has 0 aliphatic carbocycles. The maximum absolute atomic E-state index is 12.9. The molecule has 5 rings (SSSR count). The molecule has 0 radical (unpaired) electrons. The van der Waals surface area contributed by atoms with E-state index in [2.05, 4.69) is 15.4 Å². The van der Waals surface area contributed by atoms with Gasteiger partial charge in [-0.25, -0.2) is 14.3 Å². The van der Waals surface area contributed by atoms with Crippen molar-refractivity contribution in [1.29, 1.82) is 0 Å². The SMILES string of the molecule is CN1CCN(c2ccc(-c3cc4c(C(=O)Nc5cccc(C(N)=O)c5)nccn4n3)cc2)C1=O. The summed E-state index contributed by atoms with van der Waals surface area (Å²) in [5.74, 6) is -1.02. The maximum Gasteiger partial charge on any atom is 0.324 e. The molecule has 0 saturated carbocycles. The van der Waals surface area contributed by atoms with Crippen molar-refractivity contribution in [2.24, 2.45) is 5.73 Å². The van der Waals surface area contributed by atoms with E-state index in [4.69, 9.17) is 5.73 Å². The van der Waals surface area contributed by atoms with Crippen LogP contribution >= 0.6 is 0 Å². The molecule has 2 aromatic carbocycles. The number of nitrogens with one attached hydrogen (secondary N) is 1. The zero-order valence-corrected chi connectivity index (χ0v) is 18.3. The molecule has 1 fully saturated rings. The Morgan fingerprint density at radius 3 is 2.56 bits per heavy atom. The highest BCUT2D eigenvalue weighted by atomic mass is 16.2. The van der Waals surface area contributed by atoms with E-state index in [-0.39, 0.29) is 11.7 Å². The number of aromatic nitrogens is 3. The van der Waals surface area contributed by atoms with Crippen LogP contribution in [0.2, 0.25) is 0 Å². The van der Waals surface area contributed by atoms with Crippen LogP contribution in [0.1, 0.15) is 20.8 Å². The smallest absolute Gasteiger partial charge is 0.324 e. The summed E-state index contributed by atoms with van der Waals surface area (Å²) in [6.07, 6.45) is 3.16. The van der Waals surface area contributed by atoms with Gasteiger partial charge in [0.15, 0.2) is 5.69 Å². The first-order valence-electron chi connectivity index (χ1n) is 10.6. The van der Waals surface area contributed by atoms with Crippen molar-refractivity contribution >= 4 is 34.7 Å². The Balaban J connectivity index is 1.41. The van der Waals surface area contributed by atoms with Gasteiger partial charge in [0.05, 0.1) is 11.2 Å². The minimum Gasteiger partial charge on any atom is -0.366 e. The van der Waals surface area contributed by atoms with E-state index in [0.717, 1.165) is 11.3 Å². The predicted octanol–water partition coefficient (Wildman–Crippen LogP) is 2.62. The number of nitrogens with two attached hydrogens (primary N) is 1. The van der Waals surface area contributed by atoms with E-state index in [1.165, 1.54) is 12.3 Å². The Hall–Kier alpha value is -4.73. The van der Waals surface area contributed by atoms with Gasteiger partial charge < -0.3 is 16.0 Å². The van der Waals surface area contributed by atoms with Crippen LogP contribution in [0.25, 0.3) is 16.8 Å². The minimum atomic E-state index is -0.580. The molecule has 3 N–H and O–H groups in total. The van der Waals surface area contributed by atoms with Gasteiger partial charge in [0, 0.05) is 55.0 Å². The fourth-order valence-electron chi connectivity index (χ4n) is 3.88. The molecule has 2 aromatic heterocycles. The predicted molar refractivity (Wildman–Crippen MR) is 127 cm³/mol. The second-order valence-corrected chi connectivity index (χ2v) is 7.94. The number of amides is 4. The van der Waals surface area contributed by atoms with Gasteiger partial charge in [-0.1, -0.05) is 18.2 Å². The second-order valence-electron chi connectivity index (χ2n) is 7.94. The molecule has 10 heteroatoms. The van der Waals surface area contributed by atoms with Gasteiger partial charge >= 0.3 is 6.03 Å². The summed E-state index contributed by atoms with van der Waals surface area (Å²) >= 11 is 0. The van der Waals surface area contributed by atoms with Crippen molar-refractivity contribution in [2.45, 2.75) is 0 Å². The topological polar surface area (TPSA) is 126 Å². The molecule has 4 aromatic rings. The zero-order chi connectivity index (χ0) is 23.8. The van der Waals surface area contributed by atoms with Gasteiger partial charge in [-0.15, -0.1) is 0 Å². The third-order valence-electron chi connectivity index (χ3n) is 5.70. The number of hydrogen-bond acceptors (Lipinski definition) is 5. The summed E-state index contributed by atoms with van der Waals surface area (Å²) in [6.45, 7) is 1.34. The zero-order valence-electron chi connectivity index (χ0n) is 18.3. The number of benzene rings is 2. The van der Waals surface area contributed by atoms with Gasteiger partial charge in [0.25, 0.3) is 5.91 Å². The molecule has 0 unspecified atom stereocenters. The van der Waals surface area contributed by atoms with E-state index >= 15 is 0 Å². The number of carbonyl (C=O) groups excluding carboxylic acids is 3. The molecular weight excluding hydrogens is 434 g/mol. The number of hydrogen-bond donors (Lipinski definition) is 2. The van der Waals surface area contributed by atoms with E-state index in [1.807, 2.05) is 24.3 Å². The standard InChI is InChI=1S/C24H21N7O3/c1-29-11-12-30(24(29)34)18-7-5-15(6-8-18)19-14-20-21(26-9-10-31(20)28-19)23(33)27-17-4-2-3-16(13-17)22(25)32/h2-10,13-14H,11-12H2,1H3,(H2,25,32)(H,27,33). The third kappa shape index (κ3) is 3.81. The average Bonchev–Trinajstić information content (AvgIpc) is 3.42. The van der Waals surface area contributed by atoms with Gasteiger partial charge in [-0.05, 0) is 36.4 Å². The van der Waals surface area contributed by atoms with Crippen LogP contribution in [0, 0.1) is 0 Å². The molecule has 0 atom stereocenters. The van der Waals surface area contributed by atoms with E-state index in [0.29, 0.717) is 35.6 Å². The number of fused-ring (bicyclic) bond motifs is 1. The number of anilines is 2. The van der Waals surface area contributed by atoms with Gasteiger partial charge in [-0.3, -0.25) is 14.5 Å². The summed E-state index contributed by atoms with van der Waals surface area (Å²) in [4.78, 5) is 44.2. The largest absolute Gasteiger partial charge is 0.366 e. The minimum absolute atomic E-state index is 0.0245. The van der Waals surface area contributed by atoms with Crippen LogP contribution in [0.15, 0.2) is 67.0 Å². The summed E-state index contributed by atoms with van der Waals surface area (Å²) < 4.78 is 1.59. The normalized spacial score (nSPS) is 13.5. The van der Waals surface area contributed by atoms with E-state index < -0.39 is 11.8 Å². The first-order chi connectivity index (χ1) is 16.4. The molecular formula is C24H21N7O3. The van der Waals surface area contributed by atoms with Gasteiger partial charge in [-0.2, -0.15) is 5.10 Å². The van der Waals surface area contributed by atoms with Crippen molar-refractivity contribution in [3.05, 3.63) is 78.2 Å². The van der Waals surface area contributed by atoms with Crippen molar-refractivity contribution in [3.8, 4) is 11.3 Å². The van der Waals surface area contributed by atoms with Gasteiger partial charge in [0.1, 0.15) is 0 Å². The van der Waals surface area contributed by atoms with E-state index in [1.54, 1.807) is 51.8 Å². The molecule has 10 nitrogen and oxygen atoms in total. The highest BCUT2D eigenvalue weighted by Gasteiger charge is 2.26. The Labute approximate surface area is 194 Å². The first-order valence-corrected chi connectivity index (χ1v) is 10.6. The van der Waals surface area contributed by atoms with Crippen molar-refractivity contribution < 1.29 is 14.4 Å². The second kappa shape index (κ2) is 8.32. The Morgan fingerprint density at radius 2 is 1.85 bits per heavy atom. The lowest BCUT2D eigenvalue weighted by Gasteiger charge is -2.16. The summed E-state index contributed by atoms with van der Waals surface area (Å²) in [5.41, 5.74) is 9.08. The average molecular weight is 455 g/mol. The lowest BCUT2D eigenvalue weighted by Crippen LogP contribution is -2.29. The Kier molecular flexibility index (Phi) is 5.17. The summed E-state index contributed by atoms with van der Waals surface area (Å²) in [5, 5.41) is 7.32. The maximum atomic E-state index is 12.9. The molecule has 1 aliphatic rings. The quantitative estimate of drug-likeness (QED) is 0.478. The molecule has 1 saturated heterocycles. The fraction of sp³-hybridized carbons (Fsp3) is 0.125. The molecule has 0 bridgehead atoms. The highest BCUT2D eigenvalue weighted by molar-refractivity contribution is 6.08. The highest BCUT2D eigenvalue weighted by Crippen LogP contribution is 2.26. The van der Waals surface area contributed by atoms with Gasteiger partial charge in [0.2, 0.25) is 5.91 Å². The molecule has 4 amide bonds. The van der Waals surface area contributed by atoms with Crippen LogP contribution in [0.3, 0.4) is 0 Å². The molecule has 0 spiro atoms. The van der Waals surface area contributed by atoms with Crippen molar-refractivity contribution in [1.82, 2.24) is 19.5 Å². The number of carbonyl (C=O) groups is 3. The molecule has 1 aliphatic heterocycles. The van der Waals surface area contributed by atoms with Crippen LogP contribution in [0.5, 0.6) is 0 Å². The summed E-state index contributed by atoms with van der Waals surface area (Å²) in [7, 11) is 1.78. The molecule has 170 valence electrons. The van der Waals surface area contributed by atoms with Crippen LogP contribution in [0.4, 0.5) is 16.2 Å². The van der Waals surface area contributed by atoms with Crippen molar-refractivity contribution in [3.63, 3.8) is 0 Å². The summed E-state index contributed by atoms with van der Waals surface area (Å²) in [6, 6.07) is 15.7. The Bertz CT molecular complexity index is 1430. The van der Waals surface area contributed by atoms with E-state index in [9.17, 15) is 14.4 Å². The number of likely N-dealkylation sites (N-methyl/N-ethyl adjacent to an activating group) is 1. The Morgan fingerprint density at radius 1 is 1.06 bits per heavy atom. The monoisotopic (exact) mass is 455 g/mol. The fourth-order valence-corrected chi connectivity index (χ4v) is 3.88. The lowest BCUT2D eigenvalue weighted by molar-refractivity contribution is 0.0995. The number of primary amides is 1.